The third-order valence-corrected chi connectivity index (χ3v) is 3.18. The van der Waals surface area contributed by atoms with Gasteiger partial charge in [-0.05, 0) is 11.6 Å². The molecule has 1 aliphatic rings. The number of fused-ring (bicyclic) bond motifs is 1. The van der Waals surface area contributed by atoms with Crippen LogP contribution < -0.4 is 5.32 Å². The van der Waals surface area contributed by atoms with Crippen LogP contribution in [0.15, 0.2) is 24.7 Å². The summed E-state index contributed by atoms with van der Waals surface area (Å²) in [5, 5.41) is 4.32. The summed E-state index contributed by atoms with van der Waals surface area (Å²) >= 11 is 0. The van der Waals surface area contributed by atoms with Crippen molar-refractivity contribution in [2.75, 3.05) is 13.1 Å². The number of carbonyl (C=O) groups excluding carboxylic acids is 1. The van der Waals surface area contributed by atoms with Gasteiger partial charge in [0.25, 0.3) is 0 Å². The Labute approximate surface area is 93.1 Å². The number of nitrogens with zero attached hydrogens (tertiary/aromatic N) is 1. The largest absolute Gasteiger partial charge is 0.361 e. The van der Waals surface area contributed by atoms with Gasteiger partial charge in [-0.2, -0.15) is 0 Å². The minimum Gasteiger partial charge on any atom is -0.361 e. The van der Waals surface area contributed by atoms with Crippen LogP contribution in [0.3, 0.4) is 0 Å². The van der Waals surface area contributed by atoms with E-state index in [1.54, 1.807) is 6.20 Å². The molecule has 1 unspecified atom stereocenters. The van der Waals surface area contributed by atoms with Crippen LogP contribution >= 0.6 is 0 Å². The van der Waals surface area contributed by atoms with Crippen molar-refractivity contribution in [3.05, 3.63) is 30.2 Å². The van der Waals surface area contributed by atoms with Crippen molar-refractivity contribution < 1.29 is 4.79 Å². The van der Waals surface area contributed by atoms with Gasteiger partial charge in [0.2, 0.25) is 0 Å². The van der Waals surface area contributed by atoms with Crippen molar-refractivity contribution in [3.8, 4) is 0 Å². The van der Waals surface area contributed by atoms with Gasteiger partial charge in [-0.3, -0.25) is 9.78 Å². The Morgan fingerprint density at radius 3 is 3.25 bits per heavy atom. The number of aromatic nitrogens is 2. The van der Waals surface area contributed by atoms with Gasteiger partial charge in [0.15, 0.2) is 0 Å². The minimum absolute atomic E-state index is 0.0216. The Morgan fingerprint density at radius 2 is 2.38 bits per heavy atom. The number of rotatable bonds is 1. The van der Waals surface area contributed by atoms with E-state index in [1.165, 1.54) is 0 Å². The zero-order valence-electron chi connectivity index (χ0n) is 8.86. The fourth-order valence-corrected chi connectivity index (χ4v) is 2.30. The highest BCUT2D eigenvalue weighted by Gasteiger charge is 2.25. The summed E-state index contributed by atoms with van der Waals surface area (Å²) in [5.74, 6) is 0.301. The van der Waals surface area contributed by atoms with E-state index in [4.69, 9.17) is 0 Å². The topological polar surface area (TPSA) is 57.8 Å². The van der Waals surface area contributed by atoms with E-state index < -0.39 is 0 Å². The number of piperidine rings is 1. The maximum Gasteiger partial charge on any atom is 0.142 e. The quantitative estimate of drug-likeness (QED) is 0.751. The first kappa shape index (κ1) is 9.54. The third kappa shape index (κ3) is 1.42. The Morgan fingerprint density at radius 1 is 1.44 bits per heavy atom. The molecule has 1 saturated heterocycles. The smallest absolute Gasteiger partial charge is 0.142 e. The molecule has 1 aliphatic heterocycles. The number of hydrogen-bond donors (Lipinski definition) is 2. The molecular weight excluding hydrogens is 202 g/mol. The average molecular weight is 215 g/mol. The molecule has 4 nitrogen and oxygen atoms in total. The first-order chi connectivity index (χ1) is 7.86. The SMILES string of the molecule is O=C1CCNCC1c1c[nH]c2ccncc12. The van der Waals surface area contributed by atoms with Gasteiger partial charge in [0.05, 0.1) is 5.92 Å². The second-order valence-electron chi connectivity index (χ2n) is 4.14. The maximum absolute atomic E-state index is 11.9. The molecule has 0 bridgehead atoms. The molecule has 0 spiro atoms. The fraction of sp³-hybridized carbons (Fsp3) is 0.333. The van der Waals surface area contributed by atoms with Crippen molar-refractivity contribution in [2.45, 2.75) is 12.3 Å². The number of aromatic amines is 1. The van der Waals surface area contributed by atoms with E-state index in [0.717, 1.165) is 29.6 Å². The maximum atomic E-state index is 11.9. The highest BCUT2D eigenvalue weighted by atomic mass is 16.1. The van der Waals surface area contributed by atoms with Gasteiger partial charge < -0.3 is 10.3 Å². The molecule has 1 atom stereocenters. The second kappa shape index (κ2) is 3.72. The summed E-state index contributed by atoms with van der Waals surface area (Å²) in [6.07, 6.45) is 6.13. The number of ketones is 1. The minimum atomic E-state index is -0.0216. The molecule has 2 aromatic rings. The number of carbonyl (C=O) groups is 1. The zero-order valence-corrected chi connectivity index (χ0v) is 8.86. The Bertz CT molecular complexity index is 532. The lowest BCUT2D eigenvalue weighted by Gasteiger charge is -2.21. The predicted molar refractivity (Wildman–Crippen MR) is 61.3 cm³/mol. The van der Waals surface area contributed by atoms with E-state index in [9.17, 15) is 4.79 Å². The molecule has 3 rings (SSSR count). The van der Waals surface area contributed by atoms with Crippen LogP contribution in [0.2, 0.25) is 0 Å². The highest BCUT2D eigenvalue weighted by Crippen LogP contribution is 2.27. The van der Waals surface area contributed by atoms with Crippen molar-refractivity contribution in [1.29, 1.82) is 0 Å². The van der Waals surface area contributed by atoms with Crippen LogP contribution in [-0.2, 0) is 4.79 Å². The first-order valence-electron chi connectivity index (χ1n) is 5.50. The van der Waals surface area contributed by atoms with Gasteiger partial charge in [0, 0.05) is 49.0 Å². The first-order valence-corrected chi connectivity index (χ1v) is 5.50. The van der Waals surface area contributed by atoms with Gasteiger partial charge in [0.1, 0.15) is 5.78 Å². The molecule has 2 N–H and O–H groups in total. The molecule has 4 heteroatoms. The molecule has 0 aliphatic carbocycles. The van der Waals surface area contributed by atoms with Crippen LogP contribution in [0.25, 0.3) is 10.9 Å². The predicted octanol–water partition coefficient (Wildman–Crippen LogP) is 1.21. The van der Waals surface area contributed by atoms with Crippen LogP contribution in [0.4, 0.5) is 0 Å². The van der Waals surface area contributed by atoms with Crippen molar-refractivity contribution >= 4 is 16.7 Å². The number of nitrogens with one attached hydrogen (secondary N) is 2. The van der Waals surface area contributed by atoms with E-state index in [1.807, 2.05) is 18.5 Å². The summed E-state index contributed by atoms with van der Waals surface area (Å²) in [6, 6.07) is 1.93. The van der Waals surface area contributed by atoms with Gasteiger partial charge in [-0.1, -0.05) is 0 Å². The summed E-state index contributed by atoms with van der Waals surface area (Å²) in [4.78, 5) is 19.2. The summed E-state index contributed by atoms with van der Waals surface area (Å²) in [6.45, 7) is 1.54. The molecule has 2 aromatic heterocycles. The van der Waals surface area contributed by atoms with Gasteiger partial charge in [-0.15, -0.1) is 0 Å². The number of Topliss-reactive ketones (excluding diaryl/α,β-unsaturated/α-hetero) is 1. The Kier molecular flexibility index (Phi) is 2.22. The van der Waals surface area contributed by atoms with Crippen LogP contribution in [0.5, 0.6) is 0 Å². The normalized spacial score (nSPS) is 21.5. The standard InChI is InChI=1S/C12H13N3O/c16-12-2-4-14-6-10(12)8-7-15-11-1-3-13-5-9(8)11/h1,3,5,7,10,14-15H,2,4,6H2. The van der Waals surface area contributed by atoms with Crippen molar-refractivity contribution in [2.24, 2.45) is 0 Å². The van der Waals surface area contributed by atoms with Crippen molar-refractivity contribution in [1.82, 2.24) is 15.3 Å². The van der Waals surface area contributed by atoms with Crippen LogP contribution in [0.1, 0.15) is 17.9 Å². The lowest BCUT2D eigenvalue weighted by atomic mass is 9.90. The molecule has 0 aromatic carbocycles. The Balaban J connectivity index is 2.08. The summed E-state index contributed by atoms with van der Waals surface area (Å²) in [7, 11) is 0. The highest BCUT2D eigenvalue weighted by molar-refractivity contribution is 5.93. The summed E-state index contributed by atoms with van der Waals surface area (Å²) in [5.41, 5.74) is 2.11. The number of pyridine rings is 1. The lowest BCUT2D eigenvalue weighted by molar-refractivity contribution is -0.121. The van der Waals surface area contributed by atoms with E-state index >= 15 is 0 Å². The van der Waals surface area contributed by atoms with Crippen LogP contribution in [0, 0.1) is 0 Å². The van der Waals surface area contributed by atoms with Crippen LogP contribution in [-0.4, -0.2) is 28.8 Å². The fourth-order valence-electron chi connectivity index (χ4n) is 2.30. The molecule has 3 heterocycles. The molecule has 0 saturated carbocycles. The van der Waals surface area contributed by atoms with Gasteiger partial charge >= 0.3 is 0 Å². The molecule has 0 radical (unpaired) electrons. The molecule has 1 fully saturated rings. The van der Waals surface area contributed by atoms with Gasteiger partial charge in [-0.25, -0.2) is 0 Å². The molecular formula is C12H13N3O. The molecule has 16 heavy (non-hydrogen) atoms. The summed E-state index contributed by atoms with van der Waals surface area (Å²) < 4.78 is 0. The number of hydrogen-bond acceptors (Lipinski definition) is 3. The molecule has 0 amide bonds. The molecule has 82 valence electrons. The lowest BCUT2D eigenvalue weighted by Crippen LogP contribution is -2.35. The second-order valence-corrected chi connectivity index (χ2v) is 4.14. The monoisotopic (exact) mass is 215 g/mol. The van der Waals surface area contributed by atoms with Crippen molar-refractivity contribution in [3.63, 3.8) is 0 Å². The van der Waals surface area contributed by atoms with E-state index in [0.29, 0.717) is 12.2 Å². The average Bonchev–Trinajstić information content (AvgIpc) is 2.74. The van der Waals surface area contributed by atoms with E-state index in [2.05, 4.69) is 15.3 Å². The Hall–Kier alpha value is -1.68. The van der Waals surface area contributed by atoms with E-state index in [-0.39, 0.29) is 5.92 Å². The zero-order chi connectivity index (χ0) is 11.0. The third-order valence-electron chi connectivity index (χ3n) is 3.18. The number of H-pyrrole nitrogens is 1.